The Morgan fingerprint density at radius 2 is 1.95 bits per heavy atom. The zero-order valence-electron chi connectivity index (χ0n) is 11.2. The highest BCUT2D eigenvalue weighted by Crippen LogP contribution is 2.16. The Balaban J connectivity index is 2.12. The number of aromatic nitrogens is 1. The quantitative estimate of drug-likeness (QED) is 0.799. The molecule has 0 saturated heterocycles. The predicted octanol–water partition coefficient (Wildman–Crippen LogP) is 2.22. The number of anilines is 1. The fraction of sp³-hybridized carbons (Fsp3) is 0.214. The number of carbonyl (C=O) groups is 2. The Labute approximate surface area is 115 Å². The number of nitrogens with zero attached hydrogens (tertiary/aromatic N) is 1. The summed E-state index contributed by atoms with van der Waals surface area (Å²) in [6.45, 7) is 2.82. The van der Waals surface area contributed by atoms with E-state index in [-0.39, 0.29) is 0 Å². The number of aliphatic carboxylic acids is 1. The number of hydrogen-bond acceptors (Lipinski definition) is 3. The van der Waals surface area contributed by atoms with Gasteiger partial charge in [-0.2, -0.15) is 0 Å². The minimum absolute atomic E-state index is 0.502. The van der Waals surface area contributed by atoms with Crippen molar-refractivity contribution in [2.75, 3.05) is 5.32 Å². The highest BCUT2D eigenvalue weighted by molar-refractivity contribution is 5.95. The van der Waals surface area contributed by atoms with Crippen LogP contribution in [0.15, 0.2) is 36.5 Å². The van der Waals surface area contributed by atoms with Gasteiger partial charge < -0.3 is 15.7 Å². The first-order valence-electron chi connectivity index (χ1n) is 6.06. The third kappa shape index (κ3) is 3.03. The molecule has 0 unspecified atom stereocenters. The van der Waals surface area contributed by atoms with Crippen LogP contribution in [0.1, 0.15) is 13.8 Å². The van der Waals surface area contributed by atoms with Crippen LogP contribution in [0.3, 0.4) is 0 Å². The van der Waals surface area contributed by atoms with Gasteiger partial charge in [0.15, 0.2) is 0 Å². The number of urea groups is 1. The van der Waals surface area contributed by atoms with Crippen molar-refractivity contribution in [2.24, 2.45) is 0 Å². The van der Waals surface area contributed by atoms with E-state index >= 15 is 0 Å². The van der Waals surface area contributed by atoms with Crippen molar-refractivity contribution in [2.45, 2.75) is 19.4 Å². The van der Waals surface area contributed by atoms with Crippen molar-refractivity contribution in [3.8, 4) is 0 Å². The molecule has 1 aromatic heterocycles. The van der Waals surface area contributed by atoms with Gasteiger partial charge in [-0.05, 0) is 26.0 Å². The Kier molecular flexibility index (Phi) is 3.56. The molecule has 0 saturated carbocycles. The lowest BCUT2D eigenvalue weighted by Gasteiger charge is -2.21. The van der Waals surface area contributed by atoms with E-state index in [1.807, 2.05) is 24.3 Å². The monoisotopic (exact) mass is 273 g/mol. The summed E-state index contributed by atoms with van der Waals surface area (Å²) in [5, 5.41) is 14.8. The molecule has 0 atom stereocenters. The third-order valence-corrected chi connectivity index (χ3v) is 2.81. The van der Waals surface area contributed by atoms with Crippen LogP contribution in [0.2, 0.25) is 0 Å². The summed E-state index contributed by atoms with van der Waals surface area (Å²) in [6.07, 6.45) is 1.52. The molecule has 3 N–H and O–H groups in total. The van der Waals surface area contributed by atoms with Crippen LogP contribution in [-0.2, 0) is 4.79 Å². The van der Waals surface area contributed by atoms with Crippen LogP contribution in [0.25, 0.3) is 10.9 Å². The fourth-order valence-electron chi connectivity index (χ4n) is 1.64. The molecule has 0 aliphatic carbocycles. The maximum atomic E-state index is 11.8. The molecular weight excluding hydrogens is 258 g/mol. The highest BCUT2D eigenvalue weighted by atomic mass is 16.4. The average Bonchev–Trinajstić information content (AvgIpc) is 2.37. The second kappa shape index (κ2) is 5.16. The molecular formula is C14H15N3O3. The first-order chi connectivity index (χ1) is 9.38. The van der Waals surface area contributed by atoms with Gasteiger partial charge in [0.2, 0.25) is 0 Å². The second-order valence-electron chi connectivity index (χ2n) is 4.93. The number of fused-ring (bicyclic) bond motifs is 1. The largest absolute Gasteiger partial charge is 0.480 e. The highest BCUT2D eigenvalue weighted by Gasteiger charge is 2.28. The summed E-state index contributed by atoms with van der Waals surface area (Å²) in [6, 6.07) is 8.69. The van der Waals surface area contributed by atoms with Gasteiger partial charge in [0.05, 0.1) is 17.4 Å². The lowest BCUT2D eigenvalue weighted by atomic mass is 10.1. The number of carboxylic acids is 1. The van der Waals surface area contributed by atoms with Crippen LogP contribution in [-0.4, -0.2) is 27.6 Å². The van der Waals surface area contributed by atoms with E-state index in [1.54, 1.807) is 6.07 Å². The van der Waals surface area contributed by atoms with E-state index in [1.165, 1.54) is 20.0 Å². The number of carbonyl (C=O) groups excluding carboxylic acids is 1. The van der Waals surface area contributed by atoms with Gasteiger partial charge in [-0.1, -0.05) is 18.2 Å². The zero-order valence-corrected chi connectivity index (χ0v) is 11.2. The maximum Gasteiger partial charge on any atom is 0.328 e. The van der Waals surface area contributed by atoms with Crippen molar-refractivity contribution in [1.29, 1.82) is 0 Å². The third-order valence-electron chi connectivity index (χ3n) is 2.81. The molecule has 1 heterocycles. The molecule has 0 aliphatic rings. The van der Waals surface area contributed by atoms with Gasteiger partial charge in [-0.3, -0.25) is 4.98 Å². The molecule has 2 amide bonds. The molecule has 6 nitrogen and oxygen atoms in total. The normalized spacial score (nSPS) is 11.1. The van der Waals surface area contributed by atoms with Crippen LogP contribution in [0.5, 0.6) is 0 Å². The molecule has 2 rings (SSSR count). The number of rotatable bonds is 3. The zero-order chi connectivity index (χ0) is 14.8. The summed E-state index contributed by atoms with van der Waals surface area (Å²) in [5.74, 6) is -1.11. The number of benzene rings is 1. The standard InChI is InChI=1S/C14H15N3O3/c1-14(2,12(18)19)17-13(20)16-10-7-9-5-3-4-6-11(9)15-8-10/h3-8H,1-2H3,(H,18,19)(H2,16,17,20). The maximum absolute atomic E-state index is 11.8. The summed E-state index contributed by atoms with van der Waals surface area (Å²) in [4.78, 5) is 26.9. The minimum Gasteiger partial charge on any atom is -0.480 e. The SMILES string of the molecule is CC(C)(NC(=O)Nc1cnc2ccccc2c1)C(=O)O. The van der Waals surface area contributed by atoms with Crippen LogP contribution in [0.4, 0.5) is 10.5 Å². The lowest BCUT2D eigenvalue weighted by molar-refractivity contribution is -0.142. The molecule has 1 aromatic carbocycles. The van der Waals surface area contributed by atoms with E-state index in [4.69, 9.17) is 5.11 Å². The van der Waals surface area contributed by atoms with E-state index < -0.39 is 17.5 Å². The average molecular weight is 273 g/mol. The summed E-state index contributed by atoms with van der Waals surface area (Å²) in [5.41, 5.74) is -0.0133. The Bertz CT molecular complexity index is 668. The van der Waals surface area contributed by atoms with Crippen molar-refractivity contribution >= 4 is 28.6 Å². The van der Waals surface area contributed by atoms with E-state index in [0.29, 0.717) is 5.69 Å². The summed E-state index contributed by atoms with van der Waals surface area (Å²) < 4.78 is 0. The topological polar surface area (TPSA) is 91.3 Å². The van der Waals surface area contributed by atoms with Crippen molar-refractivity contribution in [1.82, 2.24) is 10.3 Å². The van der Waals surface area contributed by atoms with Crippen LogP contribution in [0, 0.1) is 0 Å². The molecule has 0 spiro atoms. The van der Waals surface area contributed by atoms with Crippen molar-refractivity contribution < 1.29 is 14.7 Å². The van der Waals surface area contributed by atoms with Gasteiger partial charge in [0.25, 0.3) is 0 Å². The second-order valence-corrected chi connectivity index (χ2v) is 4.93. The van der Waals surface area contributed by atoms with Gasteiger partial charge in [-0.15, -0.1) is 0 Å². The van der Waals surface area contributed by atoms with E-state index in [2.05, 4.69) is 15.6 Å². The Morgan fingerprint density at radius 1 is 1.25 bits per heavy atom. The number of para-hydroxylation sites is 1. The molecule has 20 heavy (non-hydrogen) atoms. The van der Waals surface area contributed by atoms with E-state index in [9.17, 15) is 9.59 Å². The summed E-state index contributed by atoms with van der Waals surface area (Å²) in [7, 11) is 0. The Hall–Kier alpha value is -2.63. The van der Waals surface area contributed by atoms with Crippen molar-refractivity contribution in [3.05, 3.63) is 36.5 Å². The molecule has 2 aromatic rings. The molecule has 0 bridgehead atoms. The first-order valence-corrected chi connectivity index (χ1v) is 6.06. The van der Waals surface area contributed by atoms with Crippen molar-refractivity contribution in [3.63, 3.8) is 0 Å². The summed E-state index contributed by atoms with van der Waals surface area (Å²) >= 11 is 0. The van der Waals surface area contributed by atoms with Gasteiger partial charge >= 0.3 is 12.0 Å². The molecule has 104 valence electrons. The van der Waals surface area contributed by atoms with Crippen LogP contribution >= 0.6 is 0 Å². The number of carboxylic acid groups (broad SMARTS) is 1. The molecule has 0 radical (unpaired) electrons. The van der Waals surface area contributed by atoms with Gasteiger partial charge in [0, 0.05) is 5.39 Å². The van der Waals surface area contributed by atoms with Gasteiger partial charge in [-0.25, -0.2) is 9.59 Å². The predicted molar refractivity (Wildman–Crippen MR) is 75.6 cm³/mol. The number of hydrogen-bond donors (Lipinski definition) is 3. The molecule has 0 fully saturated rings. The van der Waals surface area contributed by atoms with E-state index in [0.717, 1.165) is 10.9 Å². The molecule has 6 heteroatoms. The minimum atomic E-state index is -1.34. The first kappa shape index (κ1) is 13.8. The van der Waals surface area contributed by atoms with Gasteiger partial charge in [0.1, 0.15) is 5.54 Å². The number of nitrogens with one attached hydrogen (secondary N) is 2. The fourth-order valence-corrected chi connectivity index (χ4v) is 1.64. The number of pyridine rings is 1. The lowest BCUT2D eigenvalue weighted by Crippen LogP contribution is -2.51. The molecule has 0 aliphatic heterocycles. The number of amides is 2. The van der Waals surface area contributed by atoms with Crippen LogP contribution < -0.4 is 10.6 Å². The Morgan fingerprint density at radius 3 is 2.65 bits per heavy atom. The smallest absolute Gasteiger partial charge is 0.328 e.